The fraction of sp³-hybridized carbons (Fsp3) is 0.357. The van der Waals surface area contributed by atoms with Crippen LogP contribution >= 0.6 is 11.8 Å². The van der Waals surface area contributed by atoms with E-state index < -0.39 is 0 Å². The number of aromatic amines is 1. The smallest absolute Gasteiger partial charge is 0.230 e. The summed E-state index contributed by atoms with van der Waals surface area (Å²) in [4.78, 5) is 15.9. The first-order valence-corrected chi connectivity index (χ1v) is 7.55. The van der Waals surface area contributed by atoms with Crippen LogP contribution in [0.2, 0.25) is 0 Å². The molecule has 0 radical (unpaired) electrons. The number of nitrogens with zero attached hydrogens (tertiary/aromatic N) is 2. The molecule has 0 saturated heterocycles. The average Bonchev–Trinajstić information content (AvgIpc) is 2.95. The van der Waals surface area contributed by atoms with Gasteiger partial charge >= 0.3 is 0 Å². The number of ether oxygens (including phenoxy) is 1. The molecule has 21 heavy (non-hydrogen) atoms. The SMILES string of the molecule is COCCNC(=O)CSc1n[nH]c(-c2ccc(C)cc2)n1. The average molecular weight is 306 g/mol. The van der Waals surface area contributed by atoms with E-state index in [1.54, 1.807) is 7.11 Å². The molecule has 2 rings (SSSR count). The summed E-state index contributed by atoms with van der Waals surface area (Å²) in [5.41, 5.74) is 2.17. The Labute approximate surface area is 127 Å². The molecule has 1 aromatic carbocycles. The highest BCUT2D eigenvalue weighted by Crippen LogP contribution is 2.19. The molecule has 0 fully saturated rings. The van der Waals surface area contributed by atoms with Crippen molar-refractivity contribution in [1.82, 2.24) is 20.5 Å². The van der Waals surface area contributed by atoms with E-state index in [1.807, 2.05) is 31.2 Å². The highest BCUT2D eigenvalue weighted by molar-refractivity contribution is 7.99. The molecule has 0 aliphatic carbocycles. The Hall–Kier alpha value is -1.86. The molecule has 0 saturated carbocycles. The third kappa shape index (κ3) is 4.87. The van der Waals surface area contributed by atoms with Gasteiger partial charge in [0.25, 0.3) is 0 Å². The molecule has 0 spiro atoms. The van der Waals surface area contributed by atoms with Crippen molar-refractivity contribution in [3.05, 3.63) is 29.8 Å². The zero-order chi connectivity index (χ0) is 15.1. The molecule has 0 bridgehead atoms. The van der Waals surface area contributed by atoms with Crippen LogP contribution < -0.4 is 5.32 Å². The molecule has 7 heteroatoms. The number of H-pyrrole nitrogens is 1. The fourth-order valence-electron chi connectivity index (χ4n) is 1.63. The Morgan fingerprint density at radius 2 is 2.14 bits per heavy atom. The number of methoxy groups -OCH3 is 1. The van der Waals surface area contributed by atoms with Crippen LogP contribution in [0.5, 0.6) is 0 Å². The number of thioether (sulfide) groups is 1. The minimum absolute atomic E-state index is 0.0567. The summed E-state index contributed by atoms with van der Waals surface area (Å²) in [5, 5.41) is 10.3. The van der Waals surface area contributed by atoms with Gasteiger partial charge in [-0.1, -0.05) is 41.6 Å². The molecular weight excluding hydrogens is 288 g/mol. The van der Waals surface area contributed by atoms with E-state index >= 15 is 0 Å². The lowest BCUT2D eigenvalue weighted by Crippen LogP contribution is -2.28. The normalized spacial score (nSPS) is 10.6. The largest absolute Gasteiger partial charge is 0.383 e. The van der Waals surface area contributed by atoms with Gasteiger partial charge in [0.1, 0.15) is 0 Å². The number of carbonyl (C=O) groups is 1. The van der Waals surface area contributed by atoms with Crippen LogP contribution in [0.25, 0.3) is 11.4 Å². The molecular formula is C14H18N4O2S. The number of benzene rings is 1. The Bertz CT molecular complexity index is 583. The van der Waals surface area contributed by atoms with Crippen LogP contribution in [-0.4, -0.2) is 47.1 Å². The van der Waals surface area contributed by atoms with Gasteiger partial charge in [0.15, 0.2) is 5.82 Å². The predicted octanol–water partition coefficient (Wildman–Crippen LogP) is 1.63. The number of carbonyl (C=O) groups excluding carboxylic acids is 1. The van der Waals surface area contributed by atoms with E-state index in [0.717, 1.165) is 5.56 Å². The van der Waals surface area contributed by atoms with E-state index in [9.17, 15) is 4.79 Å². The molecule has 2 aromatic rings. The van der Waals surface area contributed by atoms with Gasteiger partial charge in [-0.2, -0.15) is 0 Å². The van der Waals surface area contributed by atoms with Crippen molar-refractivity contribution in [2.24, 2.45) is 0 Å². The third-order valence-electron chi connectivity index (χ3n) is 2.75. The summed E-state index contributed by atoms with van der Waals surface area (Å²) in [6.45, 7) is 3.06. The van der Waals surface area contributed by atoms with Gasteiger partial charge in [0.2, 0.25) is 11.1 Å². The van der Waals surface area contributed by atoms with Crippen LogP contribution in [0.1, 0.15) is 5.56 Å². The molecule has 112 valence electrons. The van der Waals surface area contributed by atoms with Crippen LogP contribution in [0.4, 0.5) is 0 Å². The maximum absolute atomic E-state index is 11.6. The Morgan fingerprint density at radius 3 is 2.86 bits per heavy atom. The summed E-state index contributed by atoms with van der Waals surface area (Å²) >= 11 is 1.30. The zero-order valence-corrected chi connectivity index (χ0v) is 12.9. The molecule has 1 aromatic heterocycles. The first kappa shape index (κ1) is 15.5. The predicted molar refractivity (Wildman–Crippen MR) is 82.2 cm³/mol. The van der Waals surface area contributed by atoms with Crippen molar-refractivity contribution in [3.8, 4) is 11.4 Å². The third-order valence-corrected chi connectivity index (χ3v) is 3.60. The first-order valence-electron chi connectivity index (χ1n) is 6.57. The lowest BCUT2D eigenvalue weighted by Gasteiger charge is -2.02. The number of rotatable bonds is 7. The van der Waals surface area contributed by atoms with Crippen molar-refractivity contribution in [2.75, 3.05) is 26.0 Å². The summed E-state index contributed by atoms with van der Waals surface area (Å²) in [5.74, 6) is 0.936. The zero-order valence-electron chi connectivity index (χ0n) is 12.0. The number of aromatic nitrogens is 3. The summed E-state index contributed by atoms with van der Waals surface area (Å²) < 4.78 is 4.86. The van der Waals surface area contributed by atoms with Gasteiger partial charge < -0.3 is 10.1 Å². The van der Waals surface area contributed by atoms with Gasteiger partial charge in [-0.05, 0) is 6.92 Å². The van der Waals surface area contributed by atoms with Gasteiger partial charge in [-0.15, -0.1) is 5.10 Å². The molecule has 1 heterocycles. The topological polar surface area (TPSA) is 79.9 Å². The monoisotopic (exact) mass is 306 g/mol. The Balaban J connectivity index is 1.86. The second-order valence-corrected chi connectivity index (χ2v) is 5.41. The summed E-state index contributed by atoms with van der Waals surface area (Å²) in [7, 11) is 1.60. The first-order chi connectivity index (χ1) is 10.2. The maximum Gasteiger partial charge on any atom is 0.230 e. The molecule has 1 amide bonds. The molecule has 6 nitrogen and oxygen atoms in total. The van der Waals surface area contributed by atoms with Gasteiger partial charge in [0.05, 0.1) is 12.4 Å². The van der Waals surface area contributed by atoms with Crippen LogP contribution in [-0.2, 0) is 9.53 Å². The van der Waals surface area contributed by atoms with Crippen LogP contribution in [0.3, 0.4) is 0 Å². The number of hydrogen-bond donors (Lipinski definition) is 2. The highest BCUT2D eigenvalue weighted by atomic mass is 32.2. The highest BCUT2D eigenvalue weighted by Gasteiger charge is 2.08. The van der Waals surface area contributed by atoms with Crippen molar-refractivity contribution in [1.29, 1.82) is 0 Å². The standard InChI is InChI=1S/C14H18N4O2S/c1-10-3-5-11(6-4-10)13-16-14(18-17-13)21-9-12(19)15-7-8-20-2/h3-6H,7-9H2,1-2H3,(H,15,19)(H,16,17,18). The number of aryl methyl sites for hydroxylation is 1. The van der Waals surface area contributed by atoms with E-state index in [1.165, 1.54) is 17.3 Å². The Kier molecular flexibility index (Phi) is 5.77. The molecule has 0 unspecified atom stereocenters. The maximum atomic E-state index is 11.6. The summed E-state index contributed by atoms with van der Waals surface area (Å²) in [6.07, 6.45) is 0. The van der Waals surface area contributed by atoms with Crippen molar-refractivity contribution in [2.45, 2.75) is 12.1 Å². The van der Waals surface area contributed by atoms with E-state index in [2.05, 4.69) is 20.5 Å². The van der Waals surface area contributed by atoms with Crippen molar-refractivity contribution < 1.29 is 9.53 Å². The second-order valence-electron chi connectivity index (χ2n) is 4.46. The van der Waals surface area contributed by atoms with E-state index in [0.29, 0.717) is 24.1 Å². The van der Waals surface area contributed by atoms with Crippen LogP contribution in [0, 0.1) is 6.92 Å². The lowest BCUT2D eigenvalue weighted by molar-refractivity contribution is -0.118. The van der Waals surface area contributed by atoms with Crippen molar-refractivity contribution in [3.63, 3.8) is 0 Å². The summed E-state index contributed by atoms with van der Waals surface area (Å²) in [6, 6.07) is 8.02. The second kappa shape index (κ2) is 7.80. The Morgan fingerprint density at radius 1 is 1.38 bits per heavy atom. The van der Waals surface area contributed by atoms with E-state index in [4.69, 9.17) is 4.74 Å². The molecule has 0 atom stereocenters. The van der Waals surface area contributed by atoms with Gasteiger partial charge in [-0.25, -0.2) is 4.98 Å². The van der Waals surface area contributed by atoms with Gasteiger partial charge in [0, 0.05) is 19.2 Å². The number of nitrogens with one attached hydrogen (secondary N) is 2. The van der Waals surface area contributed by atoms with Crippen molar-refractivity contribution >= 4 is 17.7 Å². The molecule has 0 aliphatic heterocycles. The number of amides is 1. The lowest BCUT2D eigenvalue weighted by atomic mass is 10.1. The molecule has 0 aliphatic rings. The minimum Gasteiger partial charge on any atom is -0.383 e. The van der Waals surface area contributed by atoms with Crippen LogP contribution in [0.15, 0.2) is 29.4 Å². The minimum atomic E-state index is -0.0567. The van der Waals surface area contributed by atoms with E-state index in [-0.39, 0.29) is 11.7 Å². The fourth-order valence-corrected chi connectivity index (χ4v) is 2.25. The number of hydrogen-bond acceptors (Lipinski definition) is 5. The van der Waals surface area contributed by atoms with Gasteiger partial charge in [-0.3, -0.25) is 9.89 Å². The quantitative estimate of drug-likeness (QED) is 0.600. The molecule has 2 N–H and O–H groups in total.